The molecule has 0 spiro atoms. The summed E-state index contributed by atoms with van der Waals surface area (Å²) in [7, 11) is 1.81. The molecule has 0 atom stereocenters. The molecule has 2 rings (SSSR count). The Morgan fingerprint density at radius 1 is 1.24 bits per heavy atom. The fourth-order valence-corrected chi connectivity index (χ4v) is 3.05. The van der Waals surface area contributed by atoms with E-state index in [2.05, 4.69) is 41.4 Å². The van der Waals surface area contributed by atoms with Gasteiger partial charge in [-0.25, -0.2) is 0 Å². The van der Waals surface area contributed by atoms with E-state index in [1.54, 1.807) is 0 Å². The Balaban J connectivity index is 1.79. The first-order chi connectivity index (χ1) is 10.3. The molecule has 0 bridgehead atoms. The quantitative estimate of drug-likeness (QED) is 0.745. The van der Waals surface area contributed by atoms with E-state index in [0.29, 0.717) is 0 Å². The molecule has 0 aliphatic carbocycles. The van der Waals surface area contributed by atoms with Gasteiger partial charge in [-0.3, -0.25) is 4.90 Å². The van der Waals surface area contributed by atoms with Gasteiger partial charge in [-0.15, -0.1) is 0 Å². The third-order valence-electron chi connectivity index (χ3n) is 4.26. The maximum atomic E-state index is 5.27. The summed E-state index contributed by atoms with van der Waals surface area (Å²) in [6, 6.07) is 9.02. The zero-order valence-corrected chi connectivity index (χ0v) is 13.6. The number of nitrogens with one attached hydrogen (secondary N) is 1. The third-order valence-corrected chi connectivity index (χ3v) is 4.26. The van der Waals surface area contributed by atoms with Crippen LogP contribution in [-0.2, 0) is 17.8 Å². The summed E-state index contributed by atoms with van der Waals surface area (Å²) in [6.45, 7) is 8.69. The molecule has 0 saturated carbocycles. The molecular weight excluding hydrogens is 260 g/mol. The largest absolute Gasteiger partial charge is 0.384 e. The zero-order valence-electron chi connectivity index (χ0n) is 13.6. The highest BCUT2D eigenvalue weighted by molar-refractivity contribution is 5.23. The molecule has 1 saturated heterocycles. The van der Waals surface area contributed by atoms with E-state index in [-0.39, 0.29) is 0 Å². The molecule has 1 heterocycles. The second kappa shape index (κ2) is 9.19. The Morgan fingerprint density at radius 3 is 2.71 bits per heavy atom. The van der Waals surface area contributed by atoms with Gasteiger partial charge in [-0.2, -0.15) is 0 Å². The number of rotatable bonds is 8. The minimum absolute atomic E-state index is 0.760. The van der Waals surface area contributed by atoms with Crippen molar-refractivity contribution < 1.29 is 4.74 Å². The normalized spacial score (nSPS) is 17.2. The van der Waals surface area contributed by atoms with E-state index in [1.807, 2.05) is 7.11 Å². The third kappa shape index (κ3) is 5.77. The van der Waals surface area contributed by atoms with E-state index < -0.39 is 0 Å². The van der Waals surface area contributed by atoms with Gasteiger partial charge >= 0.3 is 0 Å². The van der Waals surface area contributed by atoms with Gasteiger partial charge in [-0.1, -0.05) is 31.2 Å². The molecular formula is C18H30N2O. The van der Waals surface area contributed by atoms with E-state index in [1.165, 1.54) is 43.5 Å². The first-order valence-electron chi connectivity index (χ1n) is 8.31. The van der Waals surface area contributed by atoms with Gasteiger partial charge in [0.25, 0.3) is 0 Å². The van der Waals surface area contributed by atoms with Crippen LogP contribution in [0.1, 0.15) is 37.3 Å². The number of hydrogen-bond donors (Lipinski definition) is 1. The van der Waals surface area contributed by atoms with Crippen LogP contribution in [0.4, 0.5) is 0 Å². The number of methoxy groups -OCH3 is 1. The number of likely N-dealkylation sites (tertiary alicyclic amines) is 1. The Bertz CT molecular complexity index is 400. The average molecular weight is 290 g/mol. The van der Waals surface area contributed by atoms with Crippen molar-refractivity contribution in [2.24, 2.45) is 5.92 Å². The lowest BCUT2D eigenvalue weighted by atomic mass is 9.97. The summed E-state index contributed by atoms with van der Waals surface area (Å²) in [5.41, 5.74) is 2.84. The molecule has 1 aromatic carbocycles. The maximum absolute atomic E-state index is 5.27. The topological polar surface area (TPSA) is 24.5 Å². The fourth-order valence-electron chi connectivity index (χ4n) is 3.05. The predicted octanol–water partition coefficient (Wildman–Crippen LogP) is 3.04. The van der Waals surface area contributed by atoms with Crippen molar-refractivity contribution in [3.8, 4) is 0 Å². The Labute approximate surface area is 129 Å². The van der Waals surface area contributed by atoms with Crippen molar-refractivity contribution in [3.05, 3.63) is 35.4 Å². The SMILES string of the molecule is CCCNCc1cccc(CN2CCC(COC)CC2)c1. The van der Waals surface area contributed by atoms with Crippen LogP contribution in [0, 0.1) is 5.92 Å². The van der Waals surface area contributed by atoms with Crippen molar-refractivity contribution in [3.63, 3.8) is 0 Å². The Hall–Kier alpha value is -0.900. The summed E-state index contributed by atoms with van der Waals surface area (Å²) < 4.78 is 5.27. The fraction of sp³-hybridized carbons (Fsp3) is 0.667. The van der Waals surface area contributed by atoms with Crippen molar-refractivity contribution in [2.45, 2.75) is 39.3 Å². The van der Waals surface area contributed by atoms with Crippen LogP contribution in [0.2, 0.25) is 0 Å². The van der Waals surface area contributed by atoms with Gasteiger partial charge in [0.15, 0.2) is 0 Å². The number of benzene rings is 1. The lowest BCUT2D eigenvalue weighted by Gasteiger charge is -2.31. The van der Waals surface area contributed by atoms with Crippen LogP contribution in [0.3, 0.4) is 0 Å². The minimum atomic E-state index is 0.760. The van der Waals surface area contributed by atoms with Gasteiger partial charge in [0.2, 0.25) is 0 Å². The molecule has 0 unspecified atom stereocenters. The monoisotopic (exact) mass is 290 g/mol. The number of piperidine rings is 1. The Morgan fingerprint density at radius 2 is 2.00 bits per heavy atom. The molecule has 118 valence electrons. The highest BCUT2D eigenvalue weighted by atomic mass is 16.5. The molecule has 3 heteroatoms. The van der Waals surface area contributed by atoms with Gasteiger partial charge in [-0.05, 0) is 55.9 Å². The van der Waals surface area contributed by atoms with Gasteiger partial charge in [0, 0.05) is 26.8 Å². The van der Waals surface area contributed by atoms with E-state index in [9.17, 15) is 0 Å². The molecule has 1 aliphatic heterocycles. The average Bonchev–Trinajstić information content (AvgIpc) is 2.50. The highest BCUT2D eigenvalue weighted by Crippen LogP contribution is 2.19. The van der Waals surface area contributed by atoms with E-state index >= 15 is 0 Å². The van der Waals surface area contributed by atoms with Crippen molar-refractivity contribution in [1.29, 1.82) is 0 Å². The standard InChI is InChI=1S/C18H30N2O/c1-3-9-19-13-17-5-4-6-18(12-17)14-20-10-7-16(8-11-20)15-21-2/h4-6,12,16,19H,3,7-11,13-15H2,1-2H3. The molecule has 1 N–H and O–H groups in total. The van der Waals surface area contributed by atoms with Gasteiger partial charge in [0.1, 0.15) is 0 Å². The van der Waals surface area contributed by atoms with Crippen LogP contribution in [0.25, 0.3) is 0 Å². The highest BCUT2D eigenvalue weighted by Gasteiger charge is 2.18. The van der Waals surface area contributed by atoms with Gasteiger partial charge < -0.3 is 10.1 Å². The van der Waals surface area contributed by atoms with E-state index in [4.69, 9.17) is 4.74 Å². The first kappa shape index (κ1) is 16.5. The second-order valence-corrected chi connectivity index (χ2v) is 6.17. The molecule has 1 aliphatic rings. The summed E-state index contributed by atoms with van der Waals surface area (Å²) in [6.07, 6.45) is 3.73. The first-order valence-corrected chi connectivity index (χ1v) is 8.31. The molecule has 3 nitrogen and oxygen atoms in total. The van der Waals surface area contributed by atoms with Crippen molar-refractivity contribution in [2.75, 3.05) is 33.4 Å². The molecule has 0 amide bonds. The van der Waals surface area contributed by atoms with Crippen molar-refractivity contribution in [1.82, 2.24) is 10.2 Å². The maximum Gasteiger partial charge on any atom is 0.0491 e. The zero-order chi connectivity index (χ0) is 14.9. The lowest BCUT2D eigenvalue weighted by Crippen LogP contribution is -2.34. The molecule has 0 radical (unpaired) electrons. The number of nitrogens with zero attached hydrogens (tertiary/aromatic N) is 1. The molecule has 0 aromatic heterocycles. The summed E-state index contributed by atoms with van der Waals surface area (Å²) >= 11 is 0. The Kier molecular flexibility index (Phi) is 7.20. The van der Waals surface area contributed by atoms with Crippen LogP contribution in [0.5, 0.6) is 0 Å². The van der Waals surface area contributed by atoms with Crippen LogP contribution >= 0.6 is 0 Å². The van der Waals surface area contributed by atoms with E-state index in [0.717, 1.165) is 32.2 Å². The second-order valence-electron chi connectivity index (χ2n) is 6.17. The van der Waals surface area contributed by atoms with Crippen LogP contribution in [0.15, 0.2) is 24.3 Å². The number of ether oxygens (including phenoxy) is 1. The van der Waals surface area contributed by atoms with Crippen molar-refractivity contribution >= 4 is 0 Å². The van der Waals surface area contributed by atoms with Crippen LogP contribution in [-0.4, -0.2) is 38.3 Å². The summed E-state index contributed by atoms with van der Waals surface area (Å²) in [5, 5.41) is 3.47. The summed E-state index contributed by atoms with van der Waals surface area (Å²) in [5.74, 6) is 0.760. The summed E-state index contributed by atoms with van der Waals surface area (Å²) in [4.78, 5) is 2.57. The number of hydrogen-bond acceptors (Lipinski definition) is 3. The smallest absolute Gasteiger partial charge is 0.0491 e. The molecule has 21 heavy (non-hydrogen) atoms. The lowest BCUT2D eigenvalue weighted by molar-refractivity contribution is 0.0968. The minimum Gasteiger partial charge on any atom is -0.384 e. The van der Waals surface area contributed by atoms with Crippen LogP contribution < -0.4 is 5.32 Å². The molecule has 1 fully saturated rings. The van der Waals surface area contributed by atoms with Gasteiger partial charge in [0.05, 0.1) is 0 Å². The predicted molar refractivity (Wildman–Crippen MR) is 88.3 cm³/mol. The molecule has 1 aromatic rings.